The van der Waals surface area contributed by atoms with Gasteiger partial charge in [0.25, 0.3) is 0 Å². The maximum Gasteiger partial charge on any atom is 0.120 e. The number of ether oxygens (including phenoxy) is 1. The molecule has 3 heteroatoms. The van der Waals surface area contributed by atoms with E-state index in [9.17, 15) is 0 Å². The maximum atomic E-state index is 5.35. The molecule has 3 nitrogen and oxygen atoms in total. The lowest BCUT2D eigenvalue weighted by molar-refractivity contribution is 0.325. The summed E-state index contributed by atoms with van der Waals surface area (Å²) in [5, 5.41) is 3.67. The Labute approximate surface area is 116 Å². The van der Waals surface area contributed by atoms with Crippen molar-refractivity contribution in [3.05, 3.63) is 24.3 Å². The number of methoxy groups -OCH3 is 1. The highest BCUT2D eigenvalue weighted by Crippen LogP contribution is 2.26. The van der Waals surface area contributed by atoms with Crippen LogP contribution in [-0.2, 0) is 0 Å². The molecule has 1 heterocycles. The molecule has 1 saturated heterocycles. The van der Waals surface area contributed by atoms with Crippen molar-refractivity contribution in [2.75, 3.05) is 25.1 Å². The van der Waals surface area contributed by atoms with Crippen LogP contribution in [0.15, 0.2) is 24.3 Å². The number of hydrogen-bond donors (Lipinski definition) is 1. The Morgan fingerprint density at radius 2 is 2.21 bits per heavy atom. The second-order valence-corrected chi connectivity index (χ2v) is 5.67. The van der Waals surface area contributed by atoms with E-state index in [1.807, 2.05) is 6.07 Å². The van der Waals surface area contributed by atoms with Crippen molar-refractivity contribution >= 4 is 5.69 Å². The van der Waals surface area contributed by atoms with Gasteiger partial charge in [-0.1, -0.05) is 26.8 Å². The van der Waals surface area contributed by atoms with E-state index in [-0.39, 0.29) is 0 Å². The normalized spacial score (nSPS) is 23.7. The lowest BCUT2D eigenvalue weighted by atomic mass is 9.98. The van der Waals surface area contributed by atoms with E-state index < -0.39 is 0 Å². The lowest BCUT2D eigenvalue weighted by Gasteiger charge is -2.43. The van der Waals surface area contributed by atoms with Crippen LogP contribution in [0.2, 0.25) is 0 Å². The van der Waals surface area contributed by atoms with Crippen molar-refractivity contribution < 1.29 is 4.74 Å². The largest absolute Gasteiger partial charge is 0.497 e. The Hall–Kier alpha value is -1.22. The molecule has 1 aromatic rings. The number of hydrogen-bond acceptors (Lipinski definition) is 3. The van der Waals surface area contributed by atoms with Crippen molar-refractivity contribution in [1.29, 1.82) is 0 Å². The minimum absolute atomic E-state index is 0.564. The first-order chi connectivity index (χ1) is 9.15. The highest BCUT2D eigenvalue weighted by molar-refractivity contribution is 5.52. The van der Waals surface area contributed by atoms with Gasteiger partial charge < -0.3 is 15.0 Å². The standard InChI is InChI=1S/C16H26N2O/c1-5-13-10-17-16(12(2)3)11-18(13)14-7-6-8-15(9-14)19-4/h6-9,12-13,16-17H,5,10-11H2,1-4H3. The third-order valence-corrected chi connectivity index (χ3v) is 4.11. The monoisotopic (exact) mass is 262 g/mol. The molecule has 19 heavy (non-hydrogen) atoms. The fourth-order valence-electron chi connectivity index (χ4n) is 2.74. The average Bonchev–Trinajstić information content (AvgIpc) is 2.46. The number of nitrogens with zero attached hydrogens (tertiary/aromatic N) is 1. The lowest BCUT2D eigenvalue weighted by Crippen LogP contribution is -2.58. The van der Waals surface area contributed by atoms with Gasteiger partial charge in [-0.05, 0) is 24.5 Å². The SMILES string of the molecule is CCC1CNC(C(C)C)CN1c1cccc(OC)c1. The molecule has 0 aromatic heterocycles. The van der Waals surface area contributed by atoms with Crippen LogP contribution in [0.1, 0.15) is 27.2 Å². The van der Waals surface area contributed by atoms with E-state index in [2.05, 4.69) is 49.2 Å². The number of nitrogens with one attached hydrogen (secondary N) is 1. The van der Waals surface area contributed by atoms with Gasteiger partial charge in [-0.15, -0.1) is 0 Å². The second-order valence-electron chi connectivity index (χ2n) is 5.67. The Kier molecular flexibility index (Phi) is 4.70. The van der Waals surface area contributed by atoms with Crippen molar-refractivity contribution in [2.45, 2.75) is 39.3 Å². The van der Waals surface area contributed by atoms with Gasteiger partial charge in [0.2, 0.25) is 0 Å². The van der Waals surface area contributed by atoms with E-state index >= 15 is 0 Å². The molecule has 1 aliphatic heterocycles. The summed E-state index contributed by atoms with van der Waals surface area (Å²) in [4.78, 5) is 2.53. The maximum absolute atomic E-state index is 5.35. The van der Waals surface area contributed by atoms with Crippen molar-refractivity contribution in [1.82, 2.24) is 5.32 Å². The predicted octanol–water partition coefficient (Wildman–Crippen LogP) is 2.91. The molecule has 2 rings (SSSR count). The summed E-state index contributed by atoms with van der Waals surface area (Å²) >= 11 is 0. The Bertz CT molecular complexity index is 405. The summed E-state index contributed by atoms with van der Waals surface area (Å²) in [6.45, 7) is 8.97. The van der Waals surface area contributed by atoms with Crippen LogP contribution < -0.4 is 15.0 Å². The fraction of sp³-hybridized carbons (Fsp3) is 0.625. The Morgan fingerprint density at radius 1 is 1.42 bits per heavy atom. The van der Waals surface area contributed by atoms with E-state index in [1.54, 1.807) is 7.11 Å². The summed E-state index contributed by atoms with van der Waals surface area (Å²) in [5.41, 5.74) is 1.28. The zero-order chi connectivity index (χ0) is 13.8. The van der Waals surface area contributed by atoms with Crippen LogP contribution in [0.4, 0.5) is 5.69 Å². The zero-order valence-electron chi connectivity index (χ0n) is 12.5. The topological polar surface area (TPSA) is 24.5 Å². The molecule has 0 amide bonds. The molecule has 1 aromatic carbocycles. The van der Waals surface area contributed by atoms with Crippen molar-refractivity contribution in [2.24, 2.45) is 5.92 Å². The number of anilines is 1. The van der Waals surface area contributed by atoms with Crippen LogP contribution in [0.25, 0.3) is 0 Å². The molecular formula is C16H26N2O. The molecule has 2 atom stereocenters. The average molecular weight is 262 g/mol. The first kappa shape index (κ1) is 14.2. The van der Waals surface area contributed by atoms with Crippen LogP contribution >= 0.6 is 0 Å². The molecule has 106 valence electrons. The highest BCUT2D eigenvalue weighted by atomic mass is 16.5. The van der Waals surface area contributed by atoms with Crippen molar-refractivity contribution in [3.8, 4) is 5.75 Å². The molecule has 0 spiro atoms. The summed E-state index contributed by atoms with van der Waals surface area (Å²) in [6.07, 6.45) is 1.16. The van der Waals surface area contributed by atoms with Crippen LogP contribution in [0, 0.1) is 5.92 Å². The van der Waals surface area contributed by atoms with E-state index in [0.29, 0.717) is 18.0 Å². The van der Waals surface area contributed by atoms with E-state index in [1.165, 1.54) is 5.69 Å². The van der Waals surface area contributed by atoms with Crippen molar-refractivity contribution in [3.63, 3.8) is 0 Å². The van der Waals surface area contributed by atoms with Gasteiger partial charge in [0.05, 0.1) is 7.11 Å². The third-order valence-electron chi connectivity index (χ3n) is 4.11. The zero-order valence-corrected chi connectivity index (χ0v) is 12.5. The molecular weight excluding hydrogens is 236 g/mol. The predicted molar refractivity (Wildman–Crippen MR) is 81.0 cm³/mol. The number of rotatable bonds is 4. The molecule has 0 radical (unpaired) electrons. The highest BCUT2D eigenvalue weighted by Gasteiger charge is 2.28. The van der Waals surface area contributed by atoms with Gasteiger partial charge in [0.1, 0.15) is 5.75 Å². The minimum Gasteiger partial charge on any atom is -0.497 e. The van der Waals surface area contributed by atoms with Crippen LogP contribution in [-0.4, -0.2) is 32.3 Å². The van der Waals surface area contributed by atoms with Gasteiger partial charge in [0.15, 0.2) is 0 Å². The first-order valence-corrected chi connectivity index (χ1v) is 7.29. The van der Waals surface area contributed by atoms with Crippen LogP contribution in [0.5, 0.6) is 5.75 Å². The number of piperazine rings is 1. The molecule has 1 fully saturated rings. The molecule has 1 N–H and O–H groups in total. The summed E-state index contributed by atoms with van der Waals surface area (Å²) in [6, 6.07) is 9.55. The van der Waals surface area contributed by atoms with Gasteiger partial charge in [-0.3, -0.25) is 0 Å². The number of benzene rings is 1. The third kappa shape index (κ3) is 3.21. The van der Waals surface area contributed by atoms with Gasteiger partial charge >= 0.3 is 0 Å². The molecule has 1 aliphatic rings. The first-order valence-electron chi connectivity index (χ1n) is 7.29. The van der Waals surface area contributed by atoms with Crippen LogP contribution in [0.3, 0.4) is 0 Å². The van der Waals surface area contributed by atoms with Gasteiger partial charge in [-0.2, -0.15) is 0 Å². The minimum atomic E-state index is 0.564. The molecule has 2 unspecified atom stereocenters. The summed E-state index contributed by atoms with van der Waals surface area (Å²) in [7, 11) is 1.73. The molecule has 0 saturated carbocycles. The van der Waals surface area contributed by atoms with E-state index in [4.69, 9.17) is 4.74 Å². The summed E-state index contributed by atoms with van der Waals surface area (Å²) < 4.78 is 5.35. The smallest absolute Gasteiger partial charge is 0.120 e. The quantitative estimate of drug-likeness (QED) is 0.903. The molecule has 0 bridgehead atoms. The molecule has 0 aliphatic carbocycles. The fourth-order valence-corrected chi connectivity index (χ4v) is 2.74. The van der Waals surface area contributed by atoms with E-state index in [0.717, 1.165) is 25.3 Å². The Balaban J connectivity index is 2.21. The van der Waals surface area contributed by atoms with Gasteiger partial charge in [0, 0.05) is 36.9 Å². The second kappa shape index (κ2) is 6.29. The van der Waals surface area contributed by atoms with Gasteiger partial charge in [-0.25, -0.2) is 0 Å². The Morgan fingerprint density at radius 3 is 2.84 bits per heavy atom. The summed E-state index contributed by atoms with van der Waals surface area (Å²) in [5.74, 6) is 1.60.